The number of aryl methyl sites for hydroxylation is 1. The highest BCUT2D eigenvalue weighted by Crippen LogP contribution is 2.29. The van der Waals surface area contributed by atoms with E-state index >= 15 is 0 Å². The van der Waals surface area contributed by atoms with Crippen LogP contribution < -0.4 is 10.9 Å². The molecule has 0 spiro atoms. The molecule has 0 amide bonds. The molecule has 5 rings (SSSR count). The number of nitrogens with one attached hydrogen (secondary N) is 2. The minimum Gasteiger partial charge on any atom is -0.459 e. The third-order valence-corrected chi connectivity index (χ3v) is 7.66. The van der Waals surface area contributed by atoms with Crippen LogP contribution in [0.4, 0.5) is 0 Å². The van der Waals surface area contributed by atoms with Gasteiger partial charge in [0.2, 0.25) is 0 Å². The maximum atomic E-state index is 12.9. The van der Waals surface area contributed by atoms with Gasteiger partial charge in [-0.15, -0.1) is 0 Å². The second kappa shape index (κ2) is 12.4. The van der Waals surface area contributed by atoms with E-state index in [2.05, 4.69) is 46.9 Å². The fourth-order valence-corrected chi connectivity index (χ4v) is 5.43. The predicted molar refractivity (Wildman–Crippen MR) is 149 cm³/mol. The van der Waals surface area contributed by atoms with Crippen molar-refractivity contribution in [2.75, 3.05) is 26.4 Å². The maximum Gasteiger partial charge on any atom is 0.323 e. The van der Waals surface area contributed by atoms with E-state index in [9.17, 15) is 9.59 Å². The van der Waals surface area contributed by atoms with Gasteiger partial charge in [-0.2, -0.15) is 0 Å². The molecule has 0 saturated carbocycles. The maximum absolute atomic E-state index is 12.9. The molecule has 2 fully saturated rings. The third-order valence-electron chi connectivity index (χ3n) is 7.66. The van der Waals surface area contributed by atoms with Crippen LogP contribution in [0.25, 0.3) is 22.4 Å². The van der Waals surface area contributed by atoms with Crippen LogP contribution in [-0.4, -0.2) is 59.1 Å². The molecule has 1 aromatic carbocycles. The molecule has 2 saturated heterocycles. The largest absolute Gasteiger partial charge is 0.459 e. The van der Waals surface area contributed by atoms with E-state index in [0.29, 0.717) is 43.6 Å². The predicted octanol–water partition coefficient (Wildman–Crippen LogP) is 3.96. The van der Waals surface area contributed by atoms with Crippen molar-refractivity contribution in [3.05, 3.63) is 51.9 Å². The van der Waals surface area contributed by atoms with E-state index in [-0.39, 0.29) is 23.7 Å². The Balaban J connectivity index is 1.39. The Morgan fingerprint density at radius 2 is 1.97 bits per heavy atom. The van der Waals surface area contributed by atoms with E-state index in [0.717, 1.165) is 67.0 Å². The molecule has 210 valence electrons. The Morgan fingerprint density at radius 3 is 2.69 bits per heavy atom. The number of H-pyrrole nitrogens is 1. The molecule has 2 aliphatic heterocycles. The molecule has 2 N–H and O–H groups in total. The first-order valence-corrected chi connectivity index (χ1v) is 14.2. The summed E-state index contributed by atoms with van der Waals surface area (Å²) in [6.07, 6.45) is 5.09. The summed E-state index contributed by atoms with van der Waals surface area (Å²) in [5.41, 5.74) is 4.47. The monoisotopic (exact) mass is 536 g/mol. The fourth-order valence-electron chi connectivity index (χ4n) is 5.43. The van der Waals surface area contributed by atoms with Crippen molar-refractivity contribution in [2.45, 2.75) is 71.7 Å². The Bertz CT molecular complexity index is 1330. The van der Waals surface area contributed by atoms with Crippen LogP contribution in [0.3, 0.4) is 0 Å². The molecule has 2 atom stereocenters. The van der Waals surface area contributed by atoms with Gasteiger partial charge in [-0.3, -0.25) is 9.59 Å². The van der Waals surface area contributed by atoms with Gasteiger partial charge >= 0.3 is 5.97 Å². The van der Waals surface area contributed by atoms with Gasteiger partial charge < -0.3 is 29.1 Å². The van der Waals surface area contributed by atoms with E-state index in [4.69, 9.17) is 19.2 Å². The second-order valence-electron chi connectivity index (χ2n) is 11.3. The van der Waals surface area contributed by atoms with Crippen LogP contribution >= 0.6 is 0 Å². The fraction of sp³-hybridized carbons (Fsp3) is 0.567. The number of pyridine rings is 1. The topological polar surface area (TPSA) is 107 Å². The van der Waals surface area contributed by atoms with Crippen molar-refractivity contribution < 1.29 is 19.0 Å². The average Bonchev–Trinajstić information content (AvgIpc) is 3.56. The first kappa shape index (κ1) is 27.6. The lowest BCUT2D eigenvalue weighted by molar-refractivity contribution is -0.152. The van der Waals surface area contributed by atoms with E-state index in [1.807, 2.05) is 13.0 Å². The van der Waals surface area contributed by atoms with Gasteiger partial charge in [-0.05, 0) is 61.8 Å². The molecule has 0 radical (unpaired) electrons. The van der Waals surface area contributed by atoms with Gasteiger partial charge in [-0.25, -0.2) is 4.98 Å². The third kappa shape index (κ3) is 6.77. The number of esters is 1. The molecule has 39 heavy (non-hydrogen) atoms. The minimum atomic E-state index is -0.382. The van der Waals surface area contributed by atoms with Gasteiger partial charge in [0.25, 0.3) is 5.56 Å². The lowest BCUT2D eigenvalue weighted by Gasteiger charge is -2.23. The first-order chi connectivity index (χ1) is 18.9. The van der Waals surface area contributed by atoms with Crippen LogP contribution in [0.5, 0.6) is 0 Å². The zero-order chi connectivity index (χ0) is 27.4. The summed E-state index contributed by atoms with van der Waals surface area (Å²) < 4.78 is 18.9. The number of nitrogens with zero attached hydrogens (tertiary/aromatic N) is 2. The number of hydrogen-bond donors (Lipinski definition) is 2. The first-order valence-electron chi connectivity index (χ1n) is 14.2. The number of aromatic nitrogens is 3. The molecule has 2 aromatic heterocycles. The SMILES string of the molecule is Cc1cc(-c2nc3cc(CN[C@@H](CC(C)C)C(=O)O[C@H]4CCOC4)ccc3n2CC2CCOCC2)c[nH]c1=O. The number of aromatic amines is 1. The lowest BCUT2D eigenvalue weighted by Crippen LogP contribution is -2.40. The highest BCUT2D eigenvalue weighted by Gasteiger charge is 2.27. The molecule has 2 aliphatic rings. The summed E-state index contributed by atoms with van der Waals surface area (Å²) in [6.45, 7) is 10.1. The van der Waals surface area contributed by atoms with Crippen molar-refractivity contribution in [3.8, 4) is 11.4 Å². The smallest absolute Gasteiger partial charge is 0.323 e. The number of carbonyl (C=O) groups excluding carboxylic acids is 1. The van der Waals surface area contributed by atoms with Crippen molar-refractivity contribution in [2.24, 2.45) is 11.8 Å². The quantitative estimate of drug-likeness (QED) is 0.378. The highest BCUT2D eigenvalue weighted by atomic mass is 16.6. The number of ether oxygens (including phenoxy) is 3. The van der Waals surface area contributed by atoms with Crippen molar-refractivity contribution in [3.63, 3.8) is 0 Å². The van der Waals surface area contributed by atoms with Crippen molar-refractivity contribution in [1.82, 2.24) is 19.9 Å². The molecule has 0 aliphatic carbocycles. The van der Waals surface area contributed by atoms with Crippen molar-refractivity contribution >= 4 is 17.0 Å². The molecule has 4 heterocycles. The van der Waals surface area contributed by atoms with Crippen LogP contribution in [0.15, 0.2) is 35.3 Å². The molecular weight excluding hydrogens is 496 g/mol. The summed E-state index contributed by atoms with van der Waals surface area (Å²) in [7, 11) is 0. The van der Waals surface area contributed by atoms with Crippen LogP contribution in [0.2, 0.25) is 0 Å². The number of rotatable bonds is 10. The number of fused-ring (bicyclic) bond motifs is 1. The van der Waals surface area contributed by atoms with Crippen LogP contribution in [0, 0.1) is 18.8 Å². The molecule has 3 aromatic rings. The van der Waals surface area contributed by atoms with E-state index in [1.165, 1.54) is 0 Å². The Morgan fingerprint density at radius 1 is 1.18 bits per heavy atom. The summed E-state index contributed by atoms with van der Waals surface area (Å²) >= 11 is 0. The zero-order valence-electron chi connectivity index (χ0n) is 23.2. The number of hydrogen-bond acceptors (Lipinski definition) is 7. The molecule has 9 nitrogen and oxygen atoms in total. The summed E-state index contributed by atoms with van der Waals surface area (Å²) in [5, 5.41) is 3.43. The zero-order valence-corrected chi connectivity index (χ0v) is 23.2. The van der Waals surface area contributed by atoms with Crippen LogP contribution in [0.1, 0.15) is 50.7 Å². The number of carbonyl (C=O) groups is 1. The van der Waals surface area contributed by atoms with E-state index < -0.39 is 0 Å². The summed E-state index contributed by atoms with van der Waals surface area (Å²) in [4.78, 5) is 32.8. The molecule has 9 heteroatoms. The van der Waals surface area contributed by atoms with Gasteiger partial charge in [-0.1, -0.05) is 19.9 Å². The standard InChI is InChI=1S/C30H40N4O5/c1-19(2)12-26(30(36)39-24-8-11-38-18-24)31-15-22-4-5-27-25(14-22)33-28(23-13-20(3)29(35)32-16-23)34(27)17-21-6-9-37-10-7-21/h4-5,13-14,16,19,21,24,26,31H,6-12,15,17-18H2,1-3H3,(H,32,35)/t24-,26-/m0/s1. The number of imidazole rings is 1. The molecular formula is C30H40N4O5. The summed E-state index contributed by atoms with van der Waals surface area (Å²) in [6, 6.07) is 7.83. The highest BCUT2D eigenvalue weighted by molar-refractivity contribution is 5.81. The summed E-state index contributed by atoms with van der Waals surface area (Å²) in [5.74, 6) is 1.49. The van der Waals surface area contributed by atoms with E-state index in [1.54, 1.807) is 6.20 Å². The normalized spacial score (nSPS) is 19.1. The number of benzene rings is 1. The Labute approximate surface area is 229 Å². The Hall–Kier alpha value is -3.01. The van der Waals surface area contributed by atoms with Gasteiger partial charge in [0.15, 0.2) is 0 Å². The lowest BCUT2D eigenvalue weighted by atomic mass is 10.00. The molecule has 0 bridgehead atoms. The van der Waals surface area contributed by atoms with Gasteiger partial charge in [0.05, 0.1) is 24.2 Å². The van der Waals surface area contributed by atoms with Gasteiger partial charge in [0, 0.05) is 50.0 Å². The van der Waals surface area contributed by atoms with Gasteiger partial charge in [0.1, 0.15) is 18.0 Å². The minimum absolute atomic E-state index is 0.0888. The van der Waals surface area contributed by atoms with Crippen molar-refractivity contribution in [1.29, 1.82) is 0 Å². The van der Waals surface area contributed by atoms with Crippen LogP contribution in [-0.2, 0) is 32.1 Å². The Kier molecular flexibility index (Phi) is 8.79. The molecule has 0 unspecified atom stereocenters. The average molecular weight is 537 g/mol. The second-order valence-corrected chi connectivity index (χ2v) is 11.3.